The molecular formula is C20H23N5. The summed E-state index contributed by atoms with van der Waals surface area (Å²) in [5, 5.41) is 8.69. The molecular weight excluding hydrogens is 310 g/mol. The fourth-order valence-electron chi connectivity index (χ4n) is 3.62. The summed E-state index contributed by atoms with van der Waals surface area (Å²) in [5.74, 6) is 1.08. The van der Waals surface area contributed by atoms with E-state index < -0.39 is 0 Å². The van der Waals surface area contributed by atoms with E-state index in [1.807, 2.05) is 30.9 Å². The van der Waals surface area contributed by atoms with Crippen LogP contribution in [0, 0.1) is 0 Å². The van der Waals surface area contributed by atoms with Gasteiger partial charge in [-0.05, 0) is 36.6 Å². The summed E-state index contributed by atoms with van der Waals surface area (Å²) in [4.78, 5) is 6.77. The summed E-state index contributed by atoms with van der Waals surface area (Å²) in [5.41, 5.74) is 2.53. The van der Waals surface area contributed by atoms with Crippen molar-refractivity contribution in [1.82, 2.24) is 24.6 Å². The average molecular weight is 333 g/mol. The van der Waals surface area contributed by atoms with Gasteiger partial charge in [-0.1, -0.05) is 42.8 Å². The molecule has 1 aliphatic heterocycles. The molecule has 1 fully saturated rings. The van der Waals surface area contributed by atoms with E-state index in [2.05, 4.69) is 55.0 Å². The summed E-state index contributed by atoms with van der Waals surface area (Å²) in [6.45, 7) is 2.83. The Morgan fingerprint density at radius 1 is 0.960 bits per heavy atom. The van der Waals surface area contributed by atoms with Crippen molar-refractivity contribution in [2.24, 2.45) is 0 Å². The van der Waals surface area contributed by atoms with Gasteiger partial charge in [0.15, 0.2) is 5.82 Å². The molecule has 128 valence electrons. The van der Waals surface area contributed by atoms with Crippen LogP contribution in [0.25, 0.3) is 0 Å². The molecule has 1 aliphatic rings. The van der Waals surface area contributed by atoms with Gasteiger partial charge < -0.3 is 4.57 Å². The lowest BCUT2D eigenvalue weighted by molar-refractivity contribution is 0.130. The van der Waals surface area contributed by atoms with E-state index in [1.165, 1.54) is 24.0 Å². The third-order valence-electron chi connectivity index (χ3n) is 4.86. The van der Waals surface area contributed by atoms with Crippen LogP contribution in [0.4, 0.5) is 0 Å². The van der Waals surface area contributed by atoms with Crippen LogP contribution in [-0.4, -0.2) is 31.2 Å². The minimum absolute atomic E-state index is 0.320. The standard InChI is InChI=1S/C20H23N5/c1-2-7-17(8-3-1)14-25-16-22-23-20(25)19-10-4-5-12-24(19)15-18-9-6-11-21-13-18/h1-3,6-9,11,13,16,19H,4-5,10,12,14-15H2. The molecule has 1 unspecified atom stereocenters. The number of rotatable bonds is 5. The Morgan fingerprint density at radius 2 is 1.84 bits per heavy atom. The van der Waals surface area contributed by atoms with Crippen molar-refractivity contribution in [3.8, 4) is 0 Å². The van der Waals surface area contributed by atoms with E-state index in [0.29, 0.717) is 6.04 Å². The van der Waals surface area contributed by atoms with Crippen LogP contribution in [0.5, 0.6) is 0 Å². The maximum atomic E-state index is 4.48. The van der Waals surface area contributed by atoms with Crippen LogP contribution >= 0.6 is 0 Å². The van der Waals surface area contributed by atoms with Gasteiger partial charge in [-0.25, -0.2) is 0 Å². The molecule has 0 N–H and O–H groups in total. The second kappa shape index (κ2) is 7.57. The molecule has 0 saturated carbocycles. The van der Waals surface area contributed by atoms with Crippen molar-refractivity contribution in [3.63, 3.8) is 0 Å². The van der Waals surface area contributed by atoms with Crippen LogP contribution in [0.15, 0.2) is 61.2 Å². The van der Waals surface area contributed by atoms with E-state index >= 15 is 0 Å². The van der Waals surface area contributed by atoms with Gasteiger partial charge in [0.2, 0.25) is 0 Å². The molecule has 5 heteroatoms. The highest BCUT2D eigenvalue weighted by atomic mass is 15.3. The van der Waals surface area contributed by atoms with Crippen molar-refractivity contribution in [3.05, 3.63) is 78.1 Å². The zero-order valence-corrected chi connectivity index (χ0v) is 14.3. The molecule has 5 nitrogen and oxygen atoms in total. The van der Waals surface area contributed by atoms with Crippen molar-refractivity contribution < 1.29 is 0 Å². The Kier molecular flexibility index (Phi) is 4.84. The van der Waals surface area contributed by atoms with Crippen LogP contribution < -0.4 is 0 Å². The Hall–Kier alpha value is -2.53. The molecule has 0 amide bonds. The predicted molar refractivity (Wildman–Crippen MR) is 96.8 cm³/mol. The highest BCUT2D eigenvalue weighted by Gasteiger charge is 2.28. The van der Waals surface area contributed by atoms with Crippen LogP contribution in [0.1, 0.15) is 42.3 Å². The lowest BCUT2D eigenvalue weighted by Gasteiger charge is -2.35. The van der Waals surface area contributed by atoms with Gasteiger partial charge in [0.1, 0.15) is 6.33 Å². The third-order valence-corrected chi connectivity index (χ3v) is 4.86. The molecule has 1 saturated heterocycles. The van der Waals surface area contributed by atoms with Gasteiger partial charge in [0.25, 0.3) is 0 Å². The molecule has 4 rings (SSSR count). The van der Waals surface area contributed by atoms with Crippen LogP contribution in [-0.2, 0) is 13.1 Å². The number of nitrogens with zero attached hydrogens (tertiary/aromatic N) is 5. The van der Waals surface area contributed by atoms with Gasteiger partial charge in [0.05, 0.1) is 12.6 Å². The van der Waals surface area contributed by atoms with Crippen molar-refractivity contribution >= 4 is 0 Å². The number of piperidine rings is 1. The number of pyridine rings is 1. The quantitative estimate of drug-likeness (QED) is 0.717. The number of likely N-dealkylation sites (tertiary alicyclic amines) is 1. The predicted octanol–water partition coefficient (Wildman–Crippen LogP) is 3.45. The molecule has 0 radical (unpaired) electrons. The van der Waals surface area contributed by atoms with E-state index in [1.54, 1.807) is 0 Å². The van der Waals surface area contributed by atoms with E-state index in [0.717, 1.165) is 31.9 Å². The zero-order valence-electron chi connectivity index (χ0n) is 14.3. The zero-order chi connectivity index (χ0) is 16.9. The minimum Gasteiger partial charge on any atom is -0.312 e. The summed E-state index contributed by atoms with van der Waals surface area (Å²) < 4.78 is 2.20. The third kappa shape index (κ3) is 3.77. The first kappa shape index (κ1) is 16.0. The molecule has 1 aromatic carbocycles. The first-order valence-electron chi connectivity index (χ1n) is 8.95. The summed E-state index contributed by atoms with van der Waals surface area (Å²) in [6, 6.07) is 15.0. The second-order valence-electron chi connectivity index (χ2n) is 6.65. The Bertz CT molecular complexity index is 784. The van der Waals surface area contributed by atoms with Gasteiger partial charge >= 0.3 is 0 Å². The van der Waals surface area contributed by atoms with E-state index in [4.69, 9.17) is 0 Å². The van der Waals surface area contributed by atoms with Crippen LogP contribution in [0.2, 0.25) is 0 Å². The molecule has 0 aliphatic carbocycles. The smallest absolute Gasteiger partial charge is 0.150 e. The van der Waals surface area contributed by atoms with Gasteiger partial charge in [-0.15, -0.1) is 10.2 Å². The summed E-state index contributed by atoms with van der Waals surface area (Å²) in [7, 11) is 0. The second-order valence-corrected chi connectivity index (χ2v) is 6.65. The summed E-state index contributed by atoms with van der Waals surface area (Å²) in [6.07, 6.45) is 9.26. The number of hydrogen-bond acceptors (Lipinski definition) is 4. The Labute approximate surface area is 148 Å². The topological polar surface area (TPSA) is 46.8 Å². The molecule has 3 aromatic rings. The molecule has 0 bridgehead atoms. The maximum Gasteiger partial charge on any atom is 0.150 e. The SMILES string of the molecule is c1ccc(Cn2cnnc2C2CCCCN2Cc2cccnc2)cc1. The average Bonchev–Trinajstić information content (AvgIpc) is 3.12. The molecule has 0 spiro atoms. The van der Waals surface area contributed by atoms with Crippen LogP contribution in [0.3, 0.4) is 0 Å². The van der Waals surface area contributed by atoms with Crippen molar-refractivity contribution in [2.45, 2.75) is 38.4 Å². The normalized spacial score (nSPS) is 18.3. The van der Waals surface area contributed by atoms with Gasteiger partial charge in [-0.2, -0.15) is 0 Å². The Balaban J connectivity index is 1.56. The molecule has 25 heavy (non-hydrogen) atoms. The molecule has 1 atom stereocenters. The lowest BCUT2D eigenvalue weighted by Crippen LogP contribution is -2.34. The molecule has 2 aromatic heterocycles. The summed E-state index contributed by atoms with van der Waals surface area (Å²) >= 11 is 0. The van der Waals surface area contributed by atoms with Crippen molar-refractivity contribution in [2.75, 3.05) is 6.54 Å². The maximum absolute atomic E-state index is 4.48. The first-order valence-corrected chi connectivity index (χ1v) is 8.95. The number of aromatic nitrogens is 4. The molecule has 3 heterocycles. The van der Waals surface area contributed by atoms with E-state index in [-0.39, 0.29) is 0 Å². The minimum atomic E-state index is 0.320. The largest absolute Gasteiger partial charge is 0.312 e. The lowest BCUT2D eigenvalue weighted by atomic mass is 10.0. The monoisotopic (exact) mass is 333 g/mol. The highest BCUT2D eigenvalue weighted by Crippen LogP contribution is 2.31. The number of benzene rings is 1. The van der Waals surface area contributed by atoms with Gasteiger partial charge in [-0.3, -0.25) is 9.88 Å². The Morgan fingerprint density at radius 3 is 2.68 bits per heavy atom. The highest BCUT2D eigenvalue weighted by molar-refractivity contribution is 5.16. The van der Waals surface area contributed by atoms with Gasteiger partial charge in [0, 0.05) is 18.9 Å². The first-order chi connectivity index (χ1) is 12.4. The van der Waals surface area contributed by atoms with E-state index in [9.17, 15) is 0 Å². The number of hydrogen-bond donors (Lipinski definition) is 0. The fraction of sp³-hybridized carbons (Fsp3) is 0.350. The van der Waals surface area contributed by atoms with Crippen molar-refractivity contribution in [1.29, 1.82) is 0 Å². The fourth-order valence-corrected chi connectivity index (χ4v) is 3.62.